The van der Waals surface area contributed by atoms with Crippen molar-refractivity contribution in [1.29, 1.82) is 0 Å². The lowest BCUT2D eigenvalue weighted by molar-refractivity contribution is -0.610. The van der Waals surface area contributed by atoms with E-state index in [1.807, 2.05) is 12.1 Å². The van der Waals surface area contributed by atoms with Crippen molar-refractivity contribution in [2.75, 3.05) is 14.2 Å². The van der Waals surface area contributed by atoms with E-state index >= 15 is 0 Å². The minimum atomic E-state index is 0.742. The van der Waals surface area contributed by atoms with E-state index in [0.29, 0.717) is 0 Å². The van der Waals surface area contributed by atoms with Crippen LogP contribution in [0.4, 0.5) is 0 Å². The van der Waals surface area contributed by atoms with Gasteiger partial charge in [-0.3, -0.25) is 0 Å². The van der Waals surface area contributed by atoms with Gasteiger partial charge < -0.3 is 9.47 Å². The number of hydrogen-bond donors (Lipinski definition) is 0. The van der Waals surface area contributed by atoms with Crippen LogP contribution in [0.5, 0.6) is 11.5 Å². The van der Waals surface area contributed by atoms with Crippen molar-refractivity contribution in [2.45, 2.75) is 34.6 Å². The number of rotatable bonds is 4. The first-order valence-corrected chi connectivity index (χ1v) is 9.19. The van der Waals surface area contributed by atoms with Gasteiger partial charge in [-0.15, -0.1) is 0 Å². The van der Waals surface area contributed by atoms with Crippen molar-refractivity contribution >= 4 is 0 Å². The predicted octanol–water partition coefficient (Wildman–Crippen LogP) is 5.19. The molecule has 27 heavy (non-hydrogen) atoms. The Morgan fingerprint density at radius 3 is 1.70 bits per heavy atom. The number of methoxy groups -OCH3 is 2. The molecule has 0 radical (unpaired) electrons. The number of benzene rings is 2. The van der Waals surface area contributed by atoms with Crippen LogP contribution in [0.3, 0.4) is 0 Å². The summed E-state index contributed by atoms with van der Waals surface area (Å²) in [4.78, 5) is 0. The van der Waals surface area contributed by atoms with E-state index in [4.69, 9.17) is 9.47 Å². The Morgan fingerprint density at radius 2 is 1.19 bits per heavy atom. The van der Waals surface area contributed by atoms with Gasteiger partial charge >= 0.3 is 0 Å². The average molecular weight is 362 g/mol. The molecule has 0 spiro atoms. The van der Waals surface area contributed by atoms with E-state index in [0.717, 1.165) is 17.1 Å². The zero-order valence-corrected chi connectivity index (χ0v) is 17.3. The Hall–Kier alpha value is -2.81. The lowest BCUT2D eigenvalue weighted by Gasteiger charge is -2.13. The summed E-state index contributed by atoms with van der Waals surface area (Å²) >= 11 is 0. The molecule has 0 atom stereocenters. The summed E-state index contributed by atoms with van der Waals surface area (Å²) in [5.41, 5.74) is 9.85. The summed E-state index contributed by atoms with van der Waals surface area (Å²) in [7, 11) is 3.32. The van der Waals surface area contributed by atoms with E-state index in [1.165, 1.54) is 39.3 Å². The molecule has 0 bridgehead atoms. The van der Waals surface area contributed by atoms with Crippen molar-refractivity contribution in [2.24, 2.45) is 0 Å². The van der Waals surface area contributed by atoms with Gasteiger partial charge in [-0.05, 0) is 56.2 Å². The largest absolute Gasteiger partial charge is 0.493 e. The summed E-state index contributed by atoms with van der Waals surface area (Å²) < 4.78 is 13.2. The topological polar surface area (TPSA) is 22.3 Å². The van der Waals surface area contributed by atoms with Crippen LogP contribution in [-0.2, 0) is 0 Å². The number of aryl methyl sites for hydroxylation is 5. The highest BCUT2D eigenvalue weighted by molar-refractivity contribution is 5.67. The second-order valence-corrected chi connectivity index (χ2v) is 7.18. The summed E-state index contributed by atoms with van der Waals surface area (Å²) in [5, 5.41) is 0. The predicted molar refractivity (Wildman–Crippen MR) is 110 cm³/mol. The van der Waals surface area contributed by atoms with Gasteiger partial charge in [0.25, 0.3) is 0 Å². The number of ether oxygens (including phenoxy) is 2. The Morgan fingerprint density at radius 1 is 0.630 bits per heavy atom. The van der Waals surface area contributed by atoms with Crippen LogP contribution in [0.15, 0.2) is 42.5 Å². The lowest BCUT2D eigenvalue weighted by atomic mass is 10.0. The highest BCUT2D eigenvalue weighted by Gasteiger charge is 2.21. The zero-order valence-electron chi connectivity index (χ0n) is 17.3. The first-order valence-electron chi connectivity index (χ1n) is 9.19. The molecule has 0 amide bonds. The van der Waals surface area contributed by atoms with Crippen molar-refractivity contribution in [1.82, 2.24) is 0 Å². The molecule has 2 aromatic carbocycles. The van der Waals surface area contributed by atoms with Crippen LogP contribution in [-0.4, -0.2) is 14.2 Å². The molecule has 0 unspecified atom stereocenters. The normalized spacial score (nSPS) is 10.8. The van der Waals surface area contributed by atoms with Gasteiger partial charge in [0.05, 0.1) is 14.2 Å². The summed E-state index contributed by atoms with van der Waals surface area (Å²) in [6.45, 7) is 10.8. The zero-order chi connectivity index (χ0) is 19.7. The quantitative estimate of drug-likeness (QED) is 0.596. The maximum absolute atomic E-state index is 5.46. The molecule has 140 valence electrons. The molecular formula is C24H28NO2+. The van der Waals surface area contributed by atoms with Gasteiger partial charge in [0.15, 0.2) is 22.9 Å². The summed E-state index contributed by atoms with van der Waals surface area (Å²) in [6, 6.07) is 15.0. The third kappa shape index (κ3) is 3.55. The molecule has 1 heterocycles. The van der Waals surface area contributed by atoms with Crippen LogP contribution in [0.1, 0.15) is 28.1 Å². The molecular weight excluding hydrogens is 334 g/mol. The molecule has 0 aliphatic rings. The molecule has 0 saturated heterocycles. The Bertz CT molecular complexity index is 959. The third-order valence-electron chi connectivity index (χ3n) is 5.01. The van der Waals surface area contributed by atoms with Crippen LogP contribution < -0.4 is 14.0 Å². The Labute approximate surface area is 162 Å². The fourth-order valence-electron chi connectivity index (χ4n) is 3.96. The molecule has 3 heteroatoms. The van der Waals surface area contributed by atoms with Gasteiger partial charge in [-0.1, -0.05) is 11.6 Å². The van der Waals surface area contributed by atoms with Crippen LogP contribution in [0, 0.1) is 34.6 Å². The van der Waals surface area contributed by atoms with E-state index in [-0.39, 0.29) is 0 Å². The molecule has 3 rings (SSSR count). The van der Waals surface area contributed by atoms with Gasteiger partial charge in [0.1, 0.15) is 0 Å². The van der Waals surface area contributed by atoms with Gasteiger partial charge in [0.2, 0.25) is 5.69 Å². The second-order valence-electron chi connectivity index (χ2n) is 7.18. The van der Waals surface area contributed by atoms with Gasteiger partial charge in [0, 0.05) is 37.1 Å². The Balaban J connectivity index is 2.15. The maximum Gasteiger partial charge on any atom is 0.216 e. The first-order chi connectivity index (χ1) is 12.8. The smallest absolute Gasteiger partial charge is 0.216 e. The van der Waals surface area contributed by atoms with Crippen LogP contribution in [0.25, 0.3) is 16.8 Å². The maximum atomic E-state index is 5.46. The molecule has 3 nitrogen and oxygen atoms in total. The number of pyridine rings is 1. The highest BCUT2D eigenvalue weighted by atomic mass is 16.5. The summed E-state index contributed by atoms with van der Waals surface area (Å²) in [5.74, 6) is 1.49. The molecule has 0 aliphatic heterocycles. The van der Waals surface area contributed by atoms with Crippen molar-refractivity contribution in [3.63, 3.8) is 0 Å². The van der Waals surface area contributed by atoms with Crippen LogP contribution in [0.2, 0.25) is 0 Å². The highest BCUT2D eigenvalue weighted by Crippen LogP contribution is 2.32. The monoisotopic (exact) mass is 362 g/mol. The number of aromatic nitrogens is 1. The minimum absolute atomic E-state index is 0.742. The van der Waals surface area contributed by atoms with E-state index in [9.17, 15) is 0 Å². The Kier molecular flexibility index (Phi) is 5.22. The van der Waals surface area contributed by atoms with Gasteiger partial charge in [-0.25, -0.2) is 0 Å². The fourth-order valence-corrected chi connectivity index (χ4v) is 3.96. The number of hydrogen-bond acceptors (Lipinski definition) is 2. The van der Waals surface area contributed by atoms with Gasteiger partial charge in [-0.2, -0.15) is 4.57 Å². The minimum Gasteiger partial charge on any atom is -0.493 e. The van der Waals surface area contributed by atoms with E-state index in [2.05, 4.69) is 69.5 Å². The lowest BCUT2D eigenvalue weighted by Crippen LogP contribution is -2.39. The molecule has 3 aromatic rings. The summed E-state index contributed by atoms with van der Waals surface area (Å²) in [6.07, 6.45) is 0. The first kappa shape index (κ1) is 19.0. The molecule has 0 N–H and O–H groups in total. The standard InChI is InChI=1S/C24H28NO2/c1-15-10-16(2)24(17(3)11-15)25-18(4)12-21(13-19(25)5)20-8-9-22(26-6)23(14-20)27-7/h8-14H,1-7H3/q+1. The number of nitrogens with zero attached hydrogens (tertiary/aromatic N) is 1. The molecule has 0 saturated carbocycles. The SMILES string of the molecule is COc1ccc(-c2cc(C)[n+](-c3c(C)cc(C)cc3C)c(C)c2)cc1OC. The molecule has 0 fully saturated rings. The van der Waals surface area contributed by atoms with E-state index in [1.54, 1.807) is 14.2 Å². The van der Waals surface area contributed by atoms with Crippen molar-refractivity contribution in [3.05, 3.63) is 70.5 Å². The van der Waals surface area contributed by atoms with Crippen molar-refractivity contribution in [3.8, 4) is 28.3 Å². The molecule has 0 aliphatic carbocycles. The third-order valence-corrected chi connectivity index (χ3v) is 5.01. The molecule has 1 aromatic heterocycles. The second kappa shape index (κ2) is 7.43. The average Bonchev–Trinajstić information content (AvgIpc) is 2.62. The van der Waals surface area contributed by atoms with Crippen LogP contribution >= 0.6 is 0 Å². The van der Waals surface area contributed by atoms with Crippen molar-refractivity contribution < 1.29 is 14.0 Å². The fraction of sp³-hybridized carbons (Fsp3) is 0.292. The van der Waals surface area contributed by atoms with E-state index < -0.39 is 0 Å².